The Morgan fingerprint density at radius 2 is 0.873 bits per heavy atom. The third kappa shape index (κ3) is 5.00. The molecule has 10 aromatic rings. The number of rotatable bonds is 6. The maximum atomic E-state index is 2.61. The highest BCUT2D eigenvalue weighted by atomic mass is 28.3. The SMILES string of the molecule is CC(C)(C)[Si](c1ccccc1)(c1ccccc1)c1cccc2c3ccccc3n(-c3cccc4c3c3ccccc3n4-c3ccc(-c4ccccc4)cc3)c12. The van der Waals surface area contributed by atoms with E-state index in [-0.39, 0.29) is 5.04 Å². The number of para-hydroxylation sites is 3. The Hall–Kier alpha value is -6.42. The lowest BCUT2D eigenvalue weighted by atomic mass is 10.1. The Morgan fingerprint density at radius 3 is 1.51 bits per heavy atom. The molecule has 0 spiro atoms. The van der Waals surface area contributed by atoms with Crippen molar-refractivity contribution in [1.29, 1.82) is 0 Å². The fourth-order valence-electron chi connectivity index (χ4n) is 9.59. The molecule has 3 heteroatoms. The molecule has 8 aromatic carbocycles. The van der Waals surface area contributed by atoms with E-state index in [1.807, 2.05) is 0 Å². The van der Waals surface area contributed by atoms with E-state index >= 15 is 0 Å². The largest absolute Gasteiger partial charge is 0.309 e. The van der Waals surface area contributed by atoms with Gasteiger partial charge >= 0.3 is 0 Å². The molecule has 264 valence electrons. The lowest BCUT2D eigenvalue weighted by Crippen LogP contribution is -2.72. The molecule has 0 unspecified atom stereocenters. The zero-order valence-electron chi connectivity index (χ0n) is 31.4. The highest BCUT2D eigenvalue weighted by Gasteiger charge is 2.50. The summed E-state index contributed by atoms with van der Waals surface area (Å²) < 4.78 is 5.05. The minimum absolute atomic E-state index is 0.0702. The van der Waals surface area contributed by atoms with Crippen LogP contribution in [0.25, 0.3) is 66.1 Å². The van der Waals surface area contributed by atoms with E-state index in [1.165, 1.54) is 76.0 Å². The van der Waals surface area contributed by atoms with Crippen molar-refractivity contribution in [3.63, 3.8) is 0 Å². The molecule has 0 aliphatic heterocycles. The normalized spacial score (nSPS) is 12.3. The molecule has 2 nitrogen and oxygen atoms in total. The van der Waals surface area contributed by atoms with E-state index in [0.717, 1.165) is 5.69 Å². The van der Waals surface area contributed by atoms with Crippen molar-refractivity contribution in [2.75, 3.05) is 0 Å². The van der Waals surface area contributed by atoms with Gasteiger partial charge in [0.2, 0.25) is 0 Å². The van der Waals surface area contributed by atoms with E-state index < -0.39 is 8.07 Å². The molecule has 0 aliphatic rings. The summed E-state index contributed by atoms with van der Waals surface area (Å²) in [5.74, 6) is 0. The predicted octanol–water partition coefficient (Wildman–Crippen LogP) is 11.8. The Morgan fingerprint density at radius 1 is 0.382 bits per heavy atom. The fraction of sp³-hybridized carbons (Fsp3) is 0.0769. The van der Waals surface area contributed by atoms with Crippen molar-refractivity contribution in [2.24, 2.45) is 0 Å². The maximum Gasteiger partial charge on any atom is 0.156 e. The monoisotopic (exact) mass is 722 g/mol. The molecule has 2 aromatic heterocycles. The van der Waals surface area contributed by atoms with Gasteiger partial charge in [-0.05, 0) is 68.1 Å². The second kappa shape index (κ2) is 12.9. The van der Waals surface area contributed by atoms with Crippen LogP contribution in [-0.2, 0) is 0 Å². The van der Waals surface area contributed by atoms with Crippen LogP contribution in [0.5, 0.6) is 0 Å². The van der Waals surface area contributed by atoms with Gasteiger partial charge in [-0.2, -0.15) is 0 Å². The number of aromatic nitrogens is 2. The first-order valence-electron chi connectivity index (χ1n) is 19.3. The minimum Gasteiger partial charge on any atom is -0.309 e. The van der Waals surface area contributed by atoms with E-state index in [2.05, 4.69) is 230 Å². The molecular weight excluding hydrogens is 681 g/mol. The number of nitrogens with zero attached hydrogens (tertiary/aromatic N) is 2. The third-order valence-electron chi connectivity index (χ3n) is 11.8. The second-order valence-electron chi connectivity index (χ2n) is 15.7. The molecule has 2 heterocycles. The second-order valence-corrected chi connectivity index (χ2v) is 20.4. The third-order valence-corrected chi connectivity index (χ3v) is 17.6. The summed E-state index contributed by atoms with van der Waals surface area (Å²) in [5.41, 5.74) is 9.70. The number of hydrogen-bond acceptors (Lipinski definition) is 0. The zero-order chi connectivity index (χ0) is 37.1. The van der Waals surface area contributed by atoms with E-state index in [0.29, 0.717) is 0 Å². The molecule has 55 heavy (non-hydrogen) atoms. The molecule has 10 rings (SSSR count). The van der Waals surface area contributed by atoms with Gasteiger partial charge in [0.15, 0.2) is 8.07 Å². The summed E-state index contributed by atoms with van der Waals surface area (Å²) in [5, 5.41) is 9.27. The van der Waals surface area contributed by atoms with Crippen LogP contribution < -0.4 is 15.6 Å². The van der Waals surface area contributed by atoms with E-state index in [4.69, 9.17) is 0 Å². The van der Waals surface area contributed by atoms with Gasteiger partial charge in [-0.1, -0.05) is 185 Å². The van der Waals surface area contributed by atoms with Gasteiger partial charge in [0.1, 0.15) is 0 Å². The number of fused-ring (bicyclic) bond motifs is 6. The van der Waals surface area contributed by atoms with Crippen molar-refractivity contribution in [3.8, 4) is 22.5 Å². The van der Waals surface area contributed by atoms with Crippen LogP contribution in [0.15, 0.2) is 200 Å². The lowest BCUT2D eigenvalue weighted by Gasteiger charge is -2.45. The number of benzene rings is 8. The van der Waals surface area contributed by atoms with Crippen LogP contribution >= 0.6 is 0 Å². The zero-order valence-corrected chi connectivity index (χ0v) is 32.4. The average Bonchev–Trinajstić information content (AvgIpc) is 3.76. The molecule has 0 radical (unpaired) electrons. The Kier molecular flexibility index (Phi) is 7.76. The van der Waals surface area contributed by atoms with Crippen LogP contribution in [0.4, 0.5) is 0 Å². The molecule has 0 amide bonds. The fourth-order valence-corrected chi connectivity index (χ4v) is 15.4. The summed E-state index contributed by atoms with van der Waals surface area (Å²) in [6.45, 7) is 7.38. The van der Waals surface area contributed by atoms with Crippen LogP contribution in [0.3, 0.4) is 0 Å². The van der Waals surface area contributed by atoms with Gasteiger partial charge in [0, 0.05) is 27.2 Å². The maximum absolute atomic E-state index is 2.75. The first-order valence-corrected chi connectivity index (χ1v) is 21.3. The molecule has 0 bridgehead atoms. The van der Waals surface area contributed by atoms with Crippen LogP contribution in [0, 0.1) is 0 Å². The van der Waals surface area contributed by atoms with Gasteiger partial charge in [-0.15, -0.1) is 0 Å². The Balaban J connectivity index is 1.33. The first-order chi connectivity index (χ1) is 27.0. The minimum atomic E-state index is -2.75. The van der Waals surface area contributed by atoms with Gasteiger partial charge in [-0.3, -0.25) is 0 Å². The van der Waals surface area contributed by atoms with E-state index in [9.17, 15) is 0 Å². The highest BCUT2D eigenvalue weighted by Crippen LogP contribution is 2.42. The van der Waals surface area contributed by atoms with Gasteiger partial charge in [-0.25, -0.2) is 0 Å². The van der Waals surface area contributed by atoms with Crippen molar-refractivity contribution >= 4 is 67.2 Å². The van der Waals surface area contributed by atoms with Crippen LogP contribution in [0.1, 0.15) is 20.8 Å². The molecule has 0 saturated carbocycles. The predicted molar refractivity (Wildman–Crippen MR) is 238 cm³/mol. The standard InChI is InChI=1S/C52H42N2Si/c1-52(2,3)55(40-21-9-5-10-22-40,41-23-11-6-12-24-41)49-32-17-27-43-42-25-13-15-28-45(42)54(51(43)49)48-31-18-30-47-50(48)44-26-14-16-29-46(44)53(47)39-35-33-38(34-36-39)37-19-7-4-8-20-37/h4-36H,1-3H3. The van der Waals surface area contributed by atoms with Crippen LogP contribution in [-0.4, -0.2) is 17.2 Å². The smallest absolute Gasteiger partial charge is 0.156 e. The van der Waals surface area contributed by atoms with E-state index in [1.54, 1.807) is 0 Å². The van der Waals surface area contributed by atoms with Gasteiger partial charge in [0.05, 0.1) is 27.8 Å². The Bertz CT molecular complexity index is 2950. The van der Waals surface area contributed by atoms with Crippen molar-refractivity contribution in [2.45, 2.75) is 25.8 Å². The summed E-state index contributed by atoms with van der Waals surface area (Å²) in [7, 11) is -2.75. The van der Waals surface area contributed by atoms with Gasteiger partial charge < -0.3 is 9.13 Å². The molecule has 0 aliphatic carbocycles. The molecule has 0 atom stereocenters. The topological polar surface area (TPSA) is 9.86 Å². The lowest BCUT2D eigenvalue weighted by molar-refractivity contribution is 0.739. The molecular formula is C52H42N2Si. The summed E-state index contributed by atoms with van der Waals surface area (Å²) in [4.78, 5) is 0. The van der Waals surface area contributed by atoms with Crippen molar-refractivity contribution in [1.82, 2.24) is 9.13 Å². The molecule has 0 N–H and O–H groups in total. The number of hydrogen-bond donors (Lipinski definition) is 0. The molecule has 0 fully saturated rings. The first kappa shape index (κ1) is 33.2. The van der Waals surface area contributed by atoms with Crippen LogP contribution in [0.2, 0.25) is 5.04 Å². The van der Waals surface area contributed by atoms with Gasteiger partial charge in [0.25, 0.3) is 0 Å². The summed E-state index contributed by atoms with van der Waals surface area (Å²) in [6, 6.07) is 74.3. The summed E-state index contributed by atoms with van der Waals surface area (Å²) >= 11 is 0. The quantitative estimate of drug-likeness (QED) is 0.119. The average molecular weight is 723 g/mol. The Labute approximate surface area is 323 Å². The van der Waals surface area contributed by atoms with Crippen molar-refractivity contribution in [3.05, 3.63) is 200 Å². The molecule has 0 saturated heterocycles. The highest BCUT2D eigenvalue weighted by molar-refractivity contribution is 7.14. The summed E-state index contributed by atoms with van der Waals surface area (Å²) in [6.07, 6.45) is 0. The van der Waals surface area contributed by atoms with Crippen molar-refractivity contribution < 1.29 is 0 Å².